The molecule has 0 heterocycles. The van der Waals surface area contributed by atoms with Gasteiger partial charge in [-0.1, -0.05) is 0 Å². The maximum Gasteiger partial charge on any atom is 2.00 e. The molecule has 62 valence electrons. The van der Waals surface area contributed by atoms with E-state index in [4.69, 9.17) is 17.5 Å². The molecule has 0 spiro atoms. The minimum atomic E-state index is -5.17. The molecule has 4 nitrogen and oxygen atoms in total. The van der Waals surface area contributed by atoms with E-state index in [9.17, 15) is 0 Å². The minimum absolute atomic E-state index is 0. The van der Waals surface area contributed by atoms with Gasteiger partial charge in [-0.3, -0.25) is 8.42 Å². The topological polar surface area (TPSA) is 80.3 Å². The zero-order valence-electron chi connectivity index (χ0n) is 6.14. The standard InChI is InChI=1S/C6H5.H2O4S.Zn/c1-2-4-6-5-3-1;1-5(2,3)4;/h1-5H;(H2,1,2,3,4);/q-1;;+2/p-2. The summed E-state index contributed by atoms with van der Waals surface area (Å²) in [7, 11) is -5.17. The van der Waals surface area contributed by atoms with Crippen molar-refractivity contribution in [2.75, 3.05) is 0 Å². The maximum absolute atomic E-state index is 8.52. The first-order valence-corrected chi connectivity index (χ1v) is 3.91. The van der Waals surface area contributed by atoms with Crippen molar-refractivity contribution in [3.8, 4) is 0 Å². The van der Waals surface area contributed by atoms with E-state index in [1.54, 1.807) is 0 Å². The molecule has 0 N–H and O–H groups in total. The molecule has 0 saturated heterocycles. The van der Waals surface area contributed by atoms with Crippen molar-refractivity contribution in [2.45, 2.75) is 0 Å². The van der Waals surface area contributed by atoms with Crippen molar-refractivity contribution in [1.82, 2.24) is 0 Å². The van der Waals surface area contributed by atoms with Crippen LogP contribution in [0.5, 0.6) is 0 Å². The second-order valence-electron chi connectivity index (χ2n) is 1.49. The summed E-state index contributed by atoms with van der Waals surface area (Å²) >= 11 is 0. The zero-order chi connectivity index (χ0) is 8.74. The summed E-state index contributed by atoms with van der Waals surface area (Å²) in [5.41, 5.74) is 0. The van der Waals surface area contributed by atoms with Gasteiger partial charge in [-0.25, -0.2) is 0 Å². The third-order valence-electron chi connectivity index (χ3n) is 0.607. The predicted octanol–water partition coefficient (Wildman–Crippen LogP) is 0.146. The molecule has 0 radical (unpaired) electrons. The van der Waals surface area contributed by atoms with Crippen molar-refractivity contribution in [1.29, 1.82) is 0 Å². The Morgan fingerprint density at radius 1 is 1.00 bits per heavy atom. The molecule has 0 amide bonds. The van der Waals surface area contributed by atoms with Gasteiger partial charge in [0, 0.05) is 10.4 Å². The monoisotopic (exact) mass is 237 g/mol. The Hall–Kier alpha value is -0.287. The van der Waals surface area contributed by atoms with E-state index in [2.05, 4.69) is 6.07 Å². The van der Waals surface area contributed by atoms with Crippen molar-refractivity contribution in [2.24, 2.45) is 0 Å². The molecule has 1 rings (SSSR count). The maximum atomic E-state index is 8.52. The van der Waals surface area contributed by atoms with E-state index in [0.29, 0.717) is 0 Å². The van der Waals surface area contributed by atoms with Crippen molar-refractivity contribution in [3.63, 3.8) is 0 Å². The van der Waals surface area contributed by atoms with E-state index in [0.717, 1.165) is 0 Å². The van der Waals surface area contributed by atoms with Gasteiger partial charge in [0.25, 0.3) is 0 Å². The van der Waals surface area contributed by atoms with Crippen LogP contribution in [0.1, 0.15) is 0 Å². The quantitative estimate of drug-likeness (QED) is 0.279. The van der Waals surface area contributed by atoms with Gasteiger partial charge < -0.3 is 9.11 Å². The normalized spacial score (nSPS) is 8.83. The smallest absolute Gasteiger partial charge is 0.759 e. The summed E-state index contributed by atoms with van der Waals surface area (Å²) in [6.07, 6.45) is 0. The SMILES string of the molecule is O=S(=O)([O-])[O-].[Zn+2].[c-]1ccccc1. The molecule has 0 aliphatic rings. The van der Waals surface area contributed by atoms with Crippen LogP contribution in [0.4, 0.5) is 0 Å². The number of benzene rings is 1. The van der Waals surface area contributed by atoms with Crippen LogP contribution in [-0.4, -0.2) is 17.5 Å². The van der Waals surface area contributed by atoms with Crippen LogP contribution in [0.2, 0.25) is 0 Å². The molecule has 0 aliphatic carbocycles. The van der Waals surface area contributed by atoms with Crippen molar-refractivity contribution >= 4 is 10.4 Å². The number of hydrogen-bond donors (Lipinski definition) is 0. The van der Waals surface area contributed by atoms with Crippen LogP contribution in [-0.2, 0) is 29.9 Å². The predicted molar refractivity (Wildman–Crippen MR) is 35.8 cm³/mol. The summed E-state index contributed by atoms with van der Waals surface area (Å²) in [6.45, 7) is 0. The number of rotatable bonds is 0. The molecule has 1 aromatic carbocycles. The first kappa shape index (κ1) is 14.2. The average molecular weight is 239 g/mol. The molecule has 1 aromatic rings. The van der Waals surface area contributed by atoms with Crippen LogP contribution in [0.25, 0.3) is 0 Å². The Bertz CT molecular complexity index is 236. The minimum Gasteiger partial charge on any atom is -0.759 e. The Morgan fingerprint density at radius 2 is 1.33 bits per heavy atom. The van der Waals surface area contributed by atoms with E-state index >= 15 is 0 Å². The summed E-state index contributed by atoms with van der Waals surface area (Å²) in [5.74, 6) is 0. The molecule has 0 aromatic heterocycles. The van der Waals surface area contributed by atoms with Gasteiger partial charge in [-0.15, -0.1) is 0 Å². The molecule has 0 fully saturated rings. The Kier molecular flexibility index (Phi) is 8.75. The molecule has 6 heteroatoms. The fourth-order valence-electron chi connectivity index (χ4n) is 0.342. The van der Waals surface area contributed by atoms with Gasteiger partial charge in [0.15, 0.2) is 0 Å². The van der Waals surface area contributed by atoms with Crippen LogP contribution in [0.15, 0.2) is 30.3 Å². The molecule has 12 heavy (non-hydrogen) atoms. The van der Waals surface area contributed by atoms with Crippen molar-refractivity contribution in [3.05, 3.63) is 36.4 Å². The van der Waals surface area contributed by atoms with Gasteiger partial charge in [0.1, 0.15) is 0 Å². The second kappa shape index (κ2) is 7.37. The molecule has 0 aliphatic heterocycles. The van der Waals surface area contributed by atoms with Crippen LogP contribution < -0.4 is 0 Å². The Morgan fingerprint density at radius 3 is 1.42 bits per heavy atom. The summed E-state index contributed by atoms with van der Waals surface area (Å²) in [5, 5.41) is 0. The summed E-state index contributed by atoms with van der Waals surface area (Å²) < 4.78 is 34.1. The molecule has 0 bridgehead atoms. The van der Waals surface area contributed by atoms with Gasteiger partial charge in [-0.2, -0.15) is 36.4 Å². The van der Waals surface area contributed by atoms with Gasteiger partial charge in [0.2, 0.25) is 0 Å². The van der Waals surface area contributed by atoms with Gasteiger partial charge >= 0.3 is 19.5 Å². The summed E-state index contributed by atoms with van der Waals surface area (Å²) in [4.78, 5) is 0. The second-order valence-corrected chi connectivity index (χ2v) is 2.30. The molecule has 0 unspecified atom stereocenters. The third kappa shape index (κ3) is 22.6. The van der Waals surface area contributed by atoms with Gasteiger partial charge in [0.05, 0.1) is 0 Å². The summed E-state index contributed by atoms with van der Waals surface area (Å²) in [6, 6.07) is 12.5. The fraction of sp³-hybridized carbons (Fsp3) is 0. The number of hydrogen-bond acceptors (Lipinski definition) is 4. The fourth-order valence-corrected chi connectivity index (χ4v) is 0.342. The third-order valence-corrected chi connectivity index (χ3v) is 0.607. The van der Waals surface area contributed by atoms with E-state index < -0.39 is 10.4 Å². The average Bonchev–Trinajstić information content (AvgIpc) is 1.88. The largest absolute Gasteiger partial charge is 2.00 e. The van der Waals surface area contributed by atoms with Crippen LogP contribution in [0, 0.1) is 6.07 Å². The van der Waals surface area contributed by atoms with E-state index in [1.165, 1.54) is 0 Å². The molecule has 0 atom stereocenters. The first-order valence-electron chi connectivity index (χ1n) is 2.58. The Balaban J connectivity index is 0. The first-order chi connectivity index (χ1) is 5.00. The molecular weight excluding hydrogens is 234 g/mol. The zero-order valence-corrected chi connectivity index (χ0v) is 9.92. The molecular formula is C6H5O4SZn-. The van der Waals surface area contributed by atoms with E-state index in [1.807, 2.05) is 30.3 Å². The van der Waals surface area contributed by atoms with Crippen LogP contribution >= 0.6 is 0 Å². The van der Waals surface area contributed by atoms with Crippen LogP contribution in [0.3, 0.4) is 0 Å². The molecule has 0 saturated carbocycles. The van der Waals surface area contributed by atoms with Crippen molar-refractivity contribution < 1.29 is 37.0 Å². The Labute approximate surface area is 84.0 Å². The van der Waals surface area contributed by atoms with Gasteiger partial charge in [-0.05, 0) is 0 Å². The van der Waals surface area contributed by atoms with E-state index in [-0.39, 0.29) is 19.5 Å².